The highest BCUT2D eigenvalue weighted by Gasteiger charge is 2.10. The van der Waals surface area contributed by atoms with E-state index in [2.05, 4.69) is 5.32 Å². The van der Waals surface area contributed by atoms with E-state index in [1.165, 1.54) is 0 Å². The normalized spacial score (nSPS) is 10.4. The van der Waals surface area contributed by atoms with E-state index in [1.807, 2.05) is 19.1 Å². The number of hydrogen-bond acceptors (Lipinski definition) is 2. The van der Waals surface area contributed by atoms with Crippen molar-refractivity contribution < 1.29 is 9.53 Å². The number of ether oxygens (including phenoxy) is 1. The number of rotatable bonds is 7. The number of nitrogens with one attached hydrogen (secondary N) is 1. The molecule has 1 amide bonds. The second-order valence-corrected chi connectivity index (χ2v) is 4.60. The third-order valence-electron chi connectivity index (χ3n) is 2.41. The maximum atomic E-state index is 11.8. The molecule has 18 heavy (non-hydrogen) atoms. The van der Waals surface area contributed by atoms with E-state index in [-0.39, 0.29) is 5.91 Å². The number of carbonyl (C=O) groups is 1. The summed E-state index contributed by atoms with van der Waals surface area (Å²) in [7, 11) is 0. The molecular formula is C13H17Cl2NO2. The fraction of sp³-hybridized carbons (Fsp3) is 0.462. The van der Waals surface area contributed by atoms with Gasteiger partial charge in [0.25, 0.3) is 5.91 Å². The average Bonchev–Trinajstić information content (AvgIpc) is 2.36. The fourth-order valence-corrected chi connectivity index (χ4v) is 1.77. The van der Waals surface area contributed by atoms with Crippen LogP contribution in [0, 0.1) is 6.92 Å². The summed E-state index contributed by atoms with van der Waals surface area (Å²) in [5, 5.41) is 3.32. The SMILES string of the molecule is Cc1cccc(C(=O)NCCCOCCCl)c1Cl. The molecule has 5 heteroatoms. The molecule has 0 saturated carbocycles. The van der Waals surface area contributed by atoms with Gasteiger partial charge in [-0.3, -0.25) is 4.79 Å². The molecule has 1 aromatic carbocycles. The van der Waals surface area contributed by atoms with Crippen molar-refractivity contribution in [3.8, 4) is 0 Å². The first kappa shape index (κ1) is 15.3. The van der Waals surface area contributed by atoms with E-state index >= 15 is 0 Å². The first-order chi connectivity index (χ1) is 8.66. The van der Waals surface area contributed by atoms with Crippen molar-refractivity contribution in [3.63, 3.8) is 0 Å². The van der Waals surface area contributed by atoms with Crippen LogP contribution in [0.15, 0.2) is 18.2 Å². The van der Waals surface area contributed by atoms with Gasteiger partial charge in [-0.05, 0) is 25.0 Å². The summed E-state index contributed by atoms with van der Waals surface area (Å²) in [5.74, 6) is 0.340. The van der Waals surface area contributed by atoms with E-state index in [9.17, 15) is 4.79 Å². The highest BCUT2D eigenvalue weighted by atomic mass is 35.5. The predicted octanol–water partition coefficient (Wildman–Crippen LogP) is 3.02. The molecule has 1 aromatic rings. The Hall–Kier alpha value is -0.770. The minimum atomic E-state index is -0.152. The summed E-state index contributed by atoms with van der Waals surface area (Å²) in [6, 6.07) is 5.41. The fourth-order valence-electron chi connectivity index (χ4n) is 1.45. The molecule has 0 fully saturated rings. The van der Waals surface area contributed by atoms with E-state index < -0.39 is 0 Å². The molecular weight excluding hydrogens is 273 g/mol. The van der Waals surface area contributed by atoms with E-state index in [4.69, 9.17) is 27.9 Å². The second kappa shape index (κ2) is 8.35. The van der Waals surface area contributed by atoms with Gasteiger partial charge in [0.15, 0.2) is 0 Å². The molecule has 0 bridgehead atoms. The third-order valence-corrected chi connectivity index (χ3v) is 3.06. The van der Waals surface area contributed by atoms with Crippen LogP contribution in [0.25, 0.3) is 0 Å². The summed E-state index contributed by atoms with van der Waals surface area (Å²) in [5.41, 5.74) is 1.41. The van der Waals surface area contributed by atoms with Gasteiger partial charge in [-0.2, -0.15) is 0 Å². The Morgan fingerprint density at radius 2 is 2.17 bits per heavy atom. The van der Waals surface area contributed by atoms with Crippen LogP contribution in [-0.4, -0.2) is 31.5 Å². The van der Waals surface area contributed by atoms with Crippen LogP contribution >= 0.6 is 23.2 Å². The number of halogens is 2. The van der Waals surface area contributed by atoms with Gasteiger partial charge in [-0.25, -0.2) is 0 Å². The van der Waals surface area contributed by atoms with Crippen molar-refractivity contribution in [3.05, 3.63) is 34.3 Å². The summed E-state index contributed by atoms with van der Waals surface area (Å²) in [6.07, 6.45) is 0.756. The monoisotopic (exact) mass is 289 g/mol. The molecule has 0 atom stereocenters. The molecule has 1 rings (SSSR count). The second-order valence-electron chi connectivity index (χ2n) is 3.85. The van der Waals surface area contributed by atoms with Gasteiger partial charge in [0.2, 0.25) is 0 Å². The number of amides is 1. The zero-order valence-electron chi connectivity index (χ0n) is 10.3. The van der Waals surface area contributed by atoms with Gasteiger partial charge in [-0.1, -0.05) is 23.7 Å². The maximum Gasteiger partial charge on any atom is 0.252 e. The molecule has 0 aliphatic rings. The zero-order chi connectivity index (χ0) is 13.4. The Morgan fingerprint density at radius 1 is 1.39 bits per heavy atom. The van der Waals surface area contributed by atoms with Crippen LogP contribution < -0.4 is 5.32 Å². The smallest absolute Gasteiger partial charge is 0.252 e. The minimum absolute atomic E-state index is 0.152. The zero-order valence-corrected chi connectivity index (χ0v) is 11.9. The number of benzene rings is 1. The number of hydrogen-bond donors (Lipinski definition) is 1. The van der Waals surface area contributed by atoms with Crippen molar-refractivity contribution in [2.45, 2.75) is 13.3 Å². The quantitative estimate of drug-likeness (QED) is 0.619. The van der Waals surface area contributed by atoms with Crippen LogP contribution in [0.4, 0.5) is 0 Å². The van der Waals surface area contributed by atoms with Crippen LogP contribution in [0.1, 0.15) is 22.3 Å². The lowest BCUT2D eigenvalue weighted by Gasteiger charge is -2.08. The maximum absolute atomic E-state index is 11.8. The third kappa shape index (κ3) is 4.84. The van der Waals surface area contributed by atoms with E-state index in [1.54, 1.807) is 6.07 Å². The molecule has 0 aromatic heterocycles. The molecule has 0 aliphatic carbocycles. The van der Waals surface area contributed by atoms with E-state index in [0.29, 0.717) is 36.2 Å². The Kier molecular flexibility index (Phi) is 7.09. The van der Waals surface area contributed by atoms with Crippen LogP contribution in [0.3, 0.4) is 0 Å². The highest BCUT2D eigenvalue weighted by molar-refractivity contribution is 6.34. The number of alkyl halides is 1. The van der Waals surface area contributed by atoms with Crippen LogP contribution in [0.5, 0.6) is 0 Å². The predicted molar refractivity (Wildman–Crippen MR) is 74.7 cm³/mol. The summed E-state index contributed by atoms with van der Waals surface area (Å²) < 4.78 is 5.20. The van der Waals surface area contributed by atoms with Crippen molar-refractivity contribution in [1.82, 2.24) is 5.32 Å². The number of carbonyl (C=O) groups excluding carboxylic acids is 1. The van der Waals surface area contributed by atoms with Gasteiger partial charge in [-0.15, -0.1) is 11.6 Å². The molecule has 100 valence electrons. The average molecular weight is 290 g/mol. The summed E-state index contributed by atoms with van der Waals surface area (Å²) in [6.45, 7) is 3.57. The van der Waals surface area contributed by atoms with Gasteiger partial charge in [0.1, 0.15) is 0 Å². The Bertz CT molecular complexity index is 397. The van der Waals surface area contributed by atoms with Crippen molar-refractivity contribution >= 4 is 29.1 Å². The van der Waals surface area contributed by atoms with Gasteiger partial charge in [0.05, 0.1) is 17.2 Å². The molecule has 0 radical (unpaired) electrons. The molecule has 0 heterocycles. The van der Waals surface area contributed by atoms with Crippen molar-refractivity contribution in [2.24, 2.45) is 0 Å². The Labute approximate surface area is 117 Å². The van der Waals surface area contributed by atoms with Gasteiger partial charge in [0, 0.05) is 19.0 Å². The molecule has 3 nitrogen and oxygen atoms in total. The highest BCUT2D eigenvalue weighted by Crippen LogP contribution is 2.19. The van der Waals surface area contributed by atoms with Gasteiger partial charge < -0.3 is 10.1 Å². The summed E-state index contributed by atoms with van der Waals surface area (Å²) in [4.78, 5) is 11.8. The largest absolute Gasteiger partial charge is 0.380 e. The standard InChI is InChI=1S/C13H17Cl2NO2/c1-10-4-2-5-11(12(10)15)13(17)16-7-3-8-18-9-6-14/h2,4-5H,3,6-9H2,1H3,(H,16,17). The van der Waals surface area contributed by atoms with Crippen LogP contribution in [-0.2, 0) is 4.74 Å². The lowest BCUT2D eigenvalue weighted by atomic mass is 10.1. The molecule has 0 unspecified atom stereocenters. The van der Waals surface area contributed by atoms with Crippen molar-refractivity contribution in [2.75, 3.05) is 25.6 Å². The van der Waals surface area contributed by atoms with Gasteiger partial charge >= 0.3 is 0 Å². The van der Waals surface area contributed by atoms with Crippen LogP contribution in [0.2, 0.25) is 5.02 Å². The van der Waals surface area contributed by atoms with E-state index in [0.717, 1.165) is 12.0 Å². The number of aryl methyl sites for hydroxylation is 1. The first-order valence-electron chi connectivity index (χ1n) is 5.84. The topological polar surface area (TPSA) is 38.3 Å². The molecule has 0 aliphatic heterocycles. The van der Waals surface area contributed by atoms with Crippen molar-refractivity contribution in [1.29, 1.82) is 0 Å². The summed E-state index contributed by atoms with van der Waals surface area (Å²) >= 11 is 11.5. The Balaban J connectivity index is 2.35. The first-order valence-corrected chi connectivity index (χ1v) is 6.75. The lowest BCUT2D eigenvalue weighted by molar-refractivity contribution is 0.0944. The minimum Gasteiger partial charge on any atom is -0.380 e. The Morgan fingerprint density at radius 3 is 2.89 bits per heavy atom. The molecule has 0 saturated heterocycles. The lowest BCUT2D eigenvalue weighted by Crippen LogP contribution is -2.25. The molecule has 1 N–H and O–H groups in total. The molecule has 0 spiro atoms.